The van der Waals surface area contributed by atoms with Crippen LogP contribution in [0.2, 0.25) is 0 Å². The van der Waals surface area contributed by atoms with Gasteiger partial charge in [-0.3, -0.25) is 0 Å². The topological polar surface area (TPSA) is 63.8 Å². The molecule has 0 aromatic carbocycles. The Balaban J connectivity index is 2.78. The summed E-state index contributed by atoms with van der Waals surface area (Å²) >= 11 is 0. The minimum Gasteiger partial charge on any atom is -0.364 e. The number of aryl methyl sites for hydroxylation is 1. The predicted molar refractivity (Wildman–Crippen MR) is 58.1 cm³/mol. The molecule has 1 unspecified atom stereocenters. The molecule has 0 aliphatic carbocycles. The Morgan fingerprint density at radius 3 is 2.64 bits per heavy atom. The first-order chi connectivity index (χ1) is 6.42. The normalized spacial score (nSPS) is 13.8. The predicted octanol–water partition coefficient (Wildman–Crippen LogP) is 1.32. The Labute approximate surface area is 85.0 Å². The summed E-state index contributed by atoms with van der Waals surface area (Å²) in [6.07, 6.45) is 1.74. The lowest BCUT2D eigenvalue weighted by atomic mass is 9.97. The number of nitrogens with one attached hydrogen (secondary N) is 1. The van der Waals surface area contributed by atoms with Crippen molar-refractivity contribution in [2.45, 2.75) is 39.3 Å². The Kier molecular flexibility index (Phi) is 3.06. The summed E-state index contributed by atoms with van der Waals surface area (Å²) in [5.74, 6) is 1.58. The number of aromatic nitrogens is 2. The Hall–Kier alpha value is -1.16. The van der Waals surface area contributed by atoms with Gasteiger partial charge in [0.05, 0.1) is 0 Å². The van der Waals surface area contributed by atoms with Crippen LogP contribution in [0.5, 0.6) is 0 Å². The van der Waals surface area contributed by atoms with Crippen LogP contribution in [0.4, 0.5) is 5.82 Å². The Morgan fingerprint density at radius 2 is 2.14 bits per heavy atom. The van der Waals surface area contributed by atoms with Crippen LogP contribution in [0.1, 0.15) is 26.6 Å². The van der Waals surface area contributed by atoms with Gasteiger partial charge in [0.25, 0.3) is 0 Å². The van der Waals surface area contributed by atoms with E-state index in [-0.39, 0.29) is 11.6 Å². The molecule has 1 rings (SSSR count). The van der Waals surface area contributed by atoms with Crippen molar-refractivity contribution in [2.75, 3.05) is 5.32 Å². The zero-order valence-electron chi connectivity index (χ0n) is 9.20. The molecule has 0 spiro atoms. The monoisotopic (exact) mass is 194 g/mol. The van der Waals surface area contributed by atoms with Gasteiger partial charge in [-0.15, -0.1) is 0 Å². The van der Waals surface area contributed by atoms with Crippen LogP contribution in [0.15, 0.2) is 12.3 Å². The summed E-state index contributed by atoms with van der Waals surface area (Å²) in [5, 5.41) is 3.28. The quantitative estimate of drug-likeness (QED) is 0.761. The van der Waals surface area contributed by atoms with Gasteiger partial charge >= 0.3 is 0 Å². The van der Waals surface area contributed by atoms with Crippen LogP contribution >= 0.6 is 0 Å². The molecule has 1 aromatic heterocycles. The van der Waals surface area contributed by atoms with Crippen LogP contribution in [0.25, 0.3) is 0 Å². The molecule has 0 fully saturated rings. The fourth-order valence-corrected chi connectivity index (χ4v) is 0.970. The molecule has 0 bridgehead atoms. The number of hydrogen-bond acceptors (Lipinski definition) is 4. The maximum Gasteiger partial charge on any atom is 0.130 e. The van der Waals surface area contributed by atoms with Gasteiger partial charge in [0.15, 0.2) is 0 Å². The third-order valence-electron chi connectivity index (χ3n) is 2.36. The third kappa shape index (κ3) is 2.67. The summed E-state index contributed by atoms with van der Waals surface area (Å²) < 4.78 is 0. The maximum atomic E-state index is 5.85. The van der Waals surface area contributed by atoms with E-state index in [1.807, 2.05) is 19.9 Å². The second-order valence-corrected chi connectivity index (χ2v) is 4.12. The lowest BCUT2D eigenvalue weighted by Crippen LogP contribution is -2.47. The van der Waals surface area contributed by atoms with Crippen molar-refractivity contribution >= 4 is 5.82 Å². The molecular formula is C10H18N4. The zero-order valence-corrected chi connectivity index (χ0v) is 9.20. The summed E-state index contributed by atoms with van der Waals surface area (Å²) in [6, 6.07) is 1.90. The van der Waals surface area contributed by atoms with E-state index in [1.54, 1.807) is 6.20 Å². The van der Waals surface area contributed by atoms with Crippen LogP contribution in [0, 0.1) is 6.92 Å². The average molecular weight is 194 g/mol. The molecule has 1 atom stereocenters. The van der Waals surface area contributed by atoms with E-state index in [0.717, 1.165) is 11.6 Å². The molecule has 14 heavy (non-hydrogen) atoms. The van der Waals surface area contributed by atoms with Crippen LogP contribution in [-0.2, 0) is 0 Å². The van der Waals surface area contributed by atoms with Crippen molar-refractivity contribution in [2.24, 2.45) is 5.73 Å². The summed E-state index contributed by atoms with van der Waals surface area (Å²) in [7, 11) is 0. The van der Waals surface area contributed by atoms with E-state index in [0.29, 0.717) is 0 Å². The average Bonchev–Trinajstić information content (AvgIpc) is 2.02. The van der Waals surface area contributed by atoms with Gasteiger partial charge in [-0.25, -0.2) is 9.97 Å². The molecule has 0 radical (unpaired) electrons. The number of nitrogens with zero attached hydrogens (tertiary/aromatic N) is 2. The molecule has 0 aliphatic rings. The Bertz CT molecular complexity index is 307. The van der Waals surface area contributed by atoms with Gasteiger partial charge < -0.3 is 11.1 Å². The van der Waals surface area contributed by atoms with Gasteiger partial charge in [0.1, 0.15) is 11.6 Å². The number of anilines is 1. The van der Waals surface area contributed by atoms with Crippen molar-refractivity contribution in [1.29, 1.82) is 0 Å². The molecule has 1 heterocycles. The fourth-order valence-electron chi connectivity index (χ4n) is 0.970. The van der Waals surface area contributed by atoms with Crippen molar-refractivity contribution in [3.8, 4) is 0 Å². The number of rotatable bonds is 3. The smallest absolute Gasteiger partial charge is 0.130 e. The van der Waals surface area contributed by atoms with E-state index in [1.165, 1.54) is 0 Å². The maximum absolute atomic E-state index is 5.85. The fraction of sp³-hybridized carbons (Fsp3) is 0.600. The highest BCUT2D eigenvalue weighted by molar-refractivity contribution is 5.36. The van der Waals surface area contributed by atoms with Gasteiger partial charge in [-0.1, -0.05) is 0 Å². The minimum absolute atomic E-state index is 0.0535. The SMILES string of the molecule is Cc1nccc(NC(C)(C)C(C)N)n1. The highest BCUT2D eigenvalue weighted by atomic mass is 15.1. The van der Waals surface area contributed by atoms with E-state index in [2.05, 4.69) is 29.1 Å². The molecule has 78 valence electrons. The standard InChI is InChI=1S/C10H18N4/c1-7(11)10(3,4)14-9-5-6-12-8(2)13-9/h5-7H,11H2,1-4H3,(H,12,13,14). The van der Waals surface area contributed by atoms with E-state index in [9.17, 15) is 0 Å². The van der Waals surface area contributed by atoms with Crippen LogP contribution < -0.4 is 11.1 Å². The Morgan fingerprint density at radius 1 is 1.50 bits per heavy atom. The third-order valence-corrected chi connectivity index (χ3v) is 2.36. The van der Waals surface area contributed by atoms with Crippen molar-refractivity contribution < 1.29 is 0 Å². The molecule has 1 aromatic rings. The molecule has 0 amide bonds. The molecule has 3 N–H and O–H groups in total. The lowest BCUT2D eigenvalue weighted by molar-refractivity contribution is 0.469. The molecule has 4 nitrogen and oxygen atoms in total. The minimum atomic E-state index is -0.166. The van der Waals surface area contributed by atoms with Gasteiger partial charge in [0.2, 0.25) is 0 Å². The molecule has 0 saturated heterocycles. The second-order valence-electron chi connectivity index (χ2n) is 4.12. The molecule has 4 heteroatoms. The van der Waals surface area contributed by atoms with Gasteiger partial charge in [-0.05, 0) is 33.8 Å². The first kappa shape index (κ1) is 10.9. The highest BCUT2D eigenvalue weighted by Gasteiger charge is 2.22. The second kappa shape index (κ2) is 3.92. The number of nitrogens with two attached hydrogens (primary N) is 1. The first-order valence-corrected chi connectivity index (χ1v) is 4.75. The van der Waals surface area contributed by atoms with Crippen LogP contribution in [-0.4, -0.2) is 21.5 Å². The van der Waals surface area contributed by atoms with Crippen LogP contribution in [0.3, 0.4) is 0 Å². The molecule has 0 aliphatic heterocycles. The summed E-state index contributed by atoms with van der Waals surface area (Å²) in [4.78, 5) is 8.30. The highest BCUT2D eigenvalue weighted by Crippen LogP contribution is 2.14. The van der Waals surface area contributed by atoms with Crippen molar-refractivity contribution in [3.63, 3.8) is 0 Å². The lowest BCUT2D eigenvalue weighted by Gasteiger charge is -2.30. The van der Waals surface area contributed by atoms with E-state index < -0.39 is 0 Å². The summed E-state index contributed by atoms with van der Waals surface area (Å²) in [5.41, 5.74) is 5.68. The number of hydrogen-bond donors (Lipinski definition) is 2. The van der Waals surface area contributed by atoms with E-state index >= 15 is 0 Å². The van der Waals surface area contributed by atoms with Crippen molar-refractivity contribution in [1.82, 2.24) is 9.97 Å². The van der Waals surface area contributed by atoms with Gasteiger partial charge in [0, 0.05) is 17.8 Å². The molecule has 0 saturated carbocycles. The summed E-state index contributed by atoms with van der Waals surface area (Å²) in [6.45, 7) is 7.94. The first-order valence-electron chi connectivity index (χ1n) is 4.75. The van der Waals surface area contributed by atoms with E-state index in [4.69, 9.17) is 5.73 Å². The largest absolute Gasteiger partial charge is 0.364 e. The van der Waals surface area contributed by atoms with Crippen molar-refractivity contribution in [3.05, 3.63) is 18.1 Å². The molecular weight excluding hydrogens is 176 g/mol. The van der Waals surface area contributed by atoms with Gasteiger partial charge in [-0.2, -0.15) is 0 Å². The zero-order chi connectivity index (χ0) is 10.8.